The fourth-order valence-corrected chi connectivity index (χ4v) is 4.28. The lowest BCUT2D eigenvalue weighted by Crippen LogP contribution is -2.21. The van der Waals surface area contributed by atoms with Crippen LogP contribution in [0.3, 0.4) is 0 Å². The molecular weight excluding hydrogens is 519 g/mol. The second kappa shape index (κ2) is 9.62. The van der Waals surface area contributed by atoms with Gasteiger partial charge in [0.2, 0.25) is 17.3 Å². The molecule has 2 aromatic carbocycles. The van der Waals surface area contributed by atoms with Gasteiger partial charge in [0.05, 0.1) is 18.6 Å². The predicted molar refractivity (Wildman–Crippen MR) is 127 cm³/mol. The van der Waals surface area contributed by atoms with Crippen LogP contribution >= 0.6 is 34.8 Å². The fraction of sp³-hybridized carbons (Fsp3) is 0.0800. The van der Waals surface area contributed by atoms with Gasteiger partial charge in [0, 0.05) is 22.3 Å². The third-order valence-corrected chi connectivity index (χ3v) is 6.41. The van der Waals surface area contributed by atoms with Crippen LogP contribution in [0, 0.1) is 0 Å². The van der Waals surface area contributed by atoms with Gasteiger partial charge in [-0.3, -0.25) is 19.2 Å². The van der Waals surface area contributed by atoms with E-state index in [1.165, 1.54) is 13.2 Å². The molecule has 0 unspecified atom stereocenters. The molecule has 176 valence electrons. The zero-order chi connectivity index (χ0) is 25.4. The predicted octanol–water partition coefficient (Wildman–Crippen LogP) is 5.34. The molecule has 5 rings (SSSR count). The van der Waals surface area contributed by atoms with Crippen molar-refractivity contribution in [2.75, 3.05) is 7.11 Å². The van der Waals surface area contributed by atoms with Crippen LogP contribution in [0.5, 0.6) is 0 Å². The first kappa shape index (κ1) is 24.6. The number of carbonyl (C=O) groups excluding carboxylic acids is 5. The second-order valence-corrected chi connectivity index (χ2v) is 8.29. The van der Waals surface area contributed by atoms with Crippen LogP contribution in [0.2, 0.25) is 0 Å². The number of furan rings is 1. The molecule has 1 aromatic heterocycles. The Kier molecular flexibility index (Phi) is 6.76. The number of ether oxygens (including phenoxy) is 1. The molecule has 0 saturated heterocycles. The molecule has 0 bridgehead atoms. The van der Waals surface area contributed by atoms with Crippen molar-refractivity contribution in [1.82, 2.24) is 0 Å². The SMILES string of the molecule is COC(=O)c1c(CCl)oc2c1C(=O)c1ccccc1C2=O.O=C1C(Cl)=C(Cl)C(=O)c2ccccc21. The number of allylic oxidation sites excluding steroid dienone is 2. The summed E-state index contributed by atoms with van der Waals surface area (Å²) in [5.41, 5.74) is 0.971. The Hall–Kier alpha value is -3.52. The van der Waals surface area contributed by atoms with Gasteiger partial charge in [0.15, 0.2) is 11.5 Å². The van der Waals surface area contributed by atoms with E-state index in [2.05, 4.69) is 4.74 Å². The molecule has 10 heteroatoms. The van der Waals surface area contributed by atoms with Crippen LogP contribution in [0.25, 0.3) is 0 Å². The lowest BCUT2D eigenvalue weighted by Gasteiger charge is -2.13. The van der Waals surface area contributed by atoms with Crippen molar-refractivity contribution in [1.29, 1.82) is 0 Å². The molecule has 0 saturated carbocycles. The number of hydrogen-bond donors (Lipinski definition) is 0. The van der Waals surface area contributed by atoms with Crippen LogP contribution in [-0.4, -0.2) is 36.2 Å². The largest absolute Gasteiger partial charge is 0.465 e. The summed E-state index contributed by atoms with van der Waals surface area (Å²) < 4.78 is 10.00. The topological polar surface area (TPSA) is 108 Å². The van der Waals surface area contributed by atoms with E-state index in [0.717, 1.165) is 0 Å². The molecule has 0 atom stereocenters. The molecule has 0 spiro atoms. The Labute approximate surface area is 213 Å². The Bertz CT molecular complexity index is 1440. The van der Waals surface area contributed by atoms with Gasteiger partial charge in [-0.15, -0.1) is 11.6 Å². The van der Waals surface area contributed by atoms with Crippen molar-refractivity contribution in [3.05, 3.63) is 103 Å². The number of alkyl halides is 1. The third-order valence-electron chi connectivity index (χ3n) is 5.35. The average Bonchev–Trinajstić information content (AvgIpc) is 3.29. The first-order valence-corrected chi connectivity index (χ1v) is 11.2. The van der Waals surface area contributed by atoms with Crippen LogP contribution < -0.4 is 0 Å². The normalized spacial score (nSPS) is 14.1. The second-order valence-electron chi connectivity index (χ2n) is 7.27. The smallest absolute Gasteiger partial charge is 0.342 e. The first-order chi connectivity index (χ1) is 16.7. The van der Waals surface area contributed by atoms with E-state index in [9.17, 15) is 24.0 Å². The van der Waals surface area contributed by atoms with E-state index in [0.29, 0.717) is 11.1 Å². The van der Waals surface area contributed by atoms with Gasteiger partial charge in [-0.05, 0) is 0 Å². The molecule has 35 heavy (non-hydrogen) atoms. The summed E-state index contributed by atoms with van der Waals surface area (Å²) in [6, 6.07) is 12.8. The highest BCUT2D eigenvalue weighted by molar-refractivity contribution is 6.59. The van der Waals surface area contributed by atoms with Crippen molar-refractivity contribution in [2.45, 2.75) is 5.88 Å². The van der Waals surface area contributed by atoms with E-state index in [-0.39, 0.29) is 49.7 Å². The van der Waals surface area contributed by atoms with Crippen LogP contribution in [0.1, 0.15) is 68.9 Å². The number of esters is 1. The molecule has 0 amide bonds. The van der Waals surface area contributed by atoms with E-state index in [4.69, 9.17) is 39.2 Å². The molecule has 2 aliphatic rings. The Balaban J connectivity index is 0.000000179. The maximum atomic E-state index is 12.6. The third kappa shape index (κ3) is 4.01. The number of carbonyl (C=O) groups is 5. The lowest BCUT2D eigenvalue weighted by atomic mass is 9.86. The molecule has 3 aromatic rings. The maximum absolute atomic E-state index is 12.6. The van der Waals surface area contributed by atoms with E-state index < -0.39 is 29.1 Å². The minimum Gasteiger partial charge on any atom is -0.465 e. The maximum Gasteiger partial charge on any atom is 0.342 e. The van der Waals surface area contributed by atoms with Gasteiger partial charge in [-0.25, -0.2) is 4.79 Å². The van der Waals surface area contributed by atoms with Crippen molar-refractivity contribution in [3.8, 4) is 0 Å². The summed E-state index contributed by atoms with van der Waals surface area (Å²) in [6.07, 6.45) is 0. The number of hydrogen-bond acceptors (Lipinski definition) is 7. The number of methoxy groups -OCH3 is 1. The first-order valence-electron chi connectivity index (χ1n) is 9.94. The molecule has 7 nitrogen and oxygen atoms in total. The minimum absolute atomic E-state index is 0.0584. The number of ketones is 4. The van der Waals surface area contributed by atoms with Crippen molar-refractivity contribution in [2.24, 2.45) is 0 Å². The van der Waals surface area contributed by atoms with Gasteiger partial charge >= 0.3 is 5.97 Å². The quantitative estimate of drug-likeness (QED) is 0.254. The van der Waals surface area contributed by atoms with Gasteiger partial charge in [0.1, 0.15) is 21.4 Å². The molecule has 2 aliphatic carbocycles. The Morgan fingerprint density at radius 1 is 0.771 bits per heavy atom. The summed E-state index contributed by atoms with van der Waals surface area (Å²) >= 11 is 17.0. The number of rotatable bonds is 2. The fourth-order valence-electron chi connectivity index (χ4n) is 3.72. The monoisotopic (exact) mass is 530 g/mol. The number of benzene rings is 2. The van der Waals surface area contributed by atoms with Gasteiger partial charge in [-0.2, -0.15) is 0 Å². The number of Topliss-reactive ketones (excluding diaryl/α,β-unsaturated/α-hetero) is 2. The number of halogens is 3. The highest BCUT2D eigenvalue weighted by Gasteiger charge is 2.39. The van der Waals surface area contributed by atoms with Crippen LogP contribution in [0.4, 0.5) is 0 Å². The minimum atomic E-state index is -0.754. The molecule has 0 aliphatic heterocycles. The number of fused-ring (bicyclic) bond motifs is 3. The summed E-state index contributed by atoms with van der Waals surface area (Å²) in [4.78, 5) is 59.9. The van der Waals surface area contributed by atoms with Gasteiger partial charge in [0.25, 0.3) is 0 Å². The summed E-state index contributed by atoms with van der Waals surface area (Å²) in [5.74, 6) is -2.68. The molecule has 0 radical (unpaired) electrons. The molecule has 1 heterocycles. The van der Waals surface area contributed by atoms with E-state index >= 15 is 0 Å². The van der Waals surface area contributed by atoms with E-state index in [1.807, 2.05) is 0 Å². The van der Waals surface area contributed by atoms with Crippen molar-refractivity contribution < 1.29 is 33.1 Å². The zero-order valence-electron chi connectivity index (χ0n) is 17.8. The Morgan fingerprint density at radius 2 is 1.20 bits per heavy atom. The molecular formula is C25H13Cl3O7. The van der Waals surface area contributed by atoms with Gasteiger partial charge in [-0.1, -0.05) is 71.7 Å². The van der Waals surface area contributed by atoms with Crippen LogP contribution in [0.15, 0.2) is 63.0 Å². The highest BCUT2D eigenvalue weighted by Crippen LogP contribution is 2.34. The van der Waals surface area contributed by atoms with Gasteiger partial charge < -0.3 is 9.15 Å². The summed E-state index contributed by atoms with van der Waals surface area (Å²) in [5, 5.41) is -0.397. The molecule has 0 fully saturated rings. The molecule has 0 N–H and O–H groups in total. The highest BCUT2D eigenvalue weighted by atomic mass is 35.5. The van der Waals surface area contributed by atoms with Crippen molar-refractivity contribution in [3.63, 3.8) is 0 Å². The standard InChI is InChI=1S/C15H9ClO5.C10H4Cl2O2/c1-20-15(19)10-9(6-16)21-14-11(10)12(17)7-4-2-3-5-8(7)13(14)18;11-7-8(12)10(14)6-4-2-1-3-5(6)9(7)13/h2-5H,6H2,1H3;1-4H. The Morgan fingerprint density at radius 3 is 1.63 bits per heavy atom. The average molecular weight is 532 g/mol. The summed E-state index contributed by atoms with van der Waals surface area (Å²) in [7, 11) is 1.18. The summed E-state index contributed by atoms with van der Waals surface area (Å²) in [6.45, 7) is 0. The van der Waals surface area contributed by atoms with Crippen molar-refractivity contribution >= 4 is 63.9 Å². The van der Waals surface area contributed by atoms with E-state index in [1.54, 1.807) is 42.5 Å². The lowest BCUT2D eigenvalue weighted by molar-refractivity contribution is 0.0595. The zero-order valence-corrected chi connectivity index (χ0v) is 20.1. The van der Waals surface area contributed by atoms with Crippen LogP contribution in [-0.2, 0) is 10.6 Å².